The van der Waals surface area contributed by atoms with Gasteiger partial charge in [0.1, 0.15) is 0 Å². The van der Waals surface area contributed by atoms with Crippen molar-refractivity contribution in [2.45, 2.75) is 19.3 Å². The van der Waals surface area contributed by atoms with E-state index in [4.69, 9.17) is 9.47 Å². The standard InChI is InChI=1S/C14H16O3/c1-16-12-9-5-6-10-13(12)17-14(15)11-7-3-2-4-8-11/h2-3,5-6,9-11H,4,7-8H2,1H3. The lowest BCUT2D eigenvalue weighted by Crippen LogP contribution is -2.21. The molecule has 0 N–H and O–H groups in total. The quantitative estimate of drug-likeness (QED) is 0.456. The van der Waals surface area contributed by atoms with Gasteiger partial charge in [0.25, 0.3) is 0 Å². The molecule has 90 valence electrons. The number of carbonyl (C=O) groups excluding carboxylic acids is 1. The topological polar surface area (TPSA) is 35.5 Å². The molecule has 2 rings (SSSR count). The van der Waals surface area contributed by atoms with E-state index in [0.29, 0.717) is 11.5 Å². The Morgan fingerprint density at radius 2 is 2.00 bits per heavy atom. The molecule has 0 bridgehead atoms. The van der Waals surface area contributed by atoms with E-state index in [1.54, 1.807) is 19.2 Å². The maximum absolute atomic E-state index is 11.9. The molecule has 0 spiro atoms. The Hall–Kier alpha value is -1.77. The molecular formula is C14H16O3. The van der Waals surface area contributed by atoms with Gasteiger partial charge in [-0.3, -0.25) is 4.79 Å². The van der Waals surface area contributed by atoms with E-state index >= 15 is 0 Å². The largest absolute Gasteiger partial charge is 0.493 e. The van der Waals surface area contributed by atoms with Crippen LogP contribution in [-0.2, 0) is 4.79 Å². The normalized spacial score (nSPS) is 18.8. The van der Waals surface area contributed by atoms with Gasteiger partial charge in [-0.1, -0.05) is 24.3 Å². The minimum atomic E-state index is -0.168. The summed E-state index contributed by atoms with van der Waals surface area (Å²) in [5, 5.41) is 0. The first-order chi connectivity index (χ1) is 8.31. The zero-order valence-corrected chi connectivity index (χ0v) is 9.89. The number of hydrogen-bond acceptors (Lipinski definition) is 3. The molecule has 0 radical (unpaired) electrons. The van der Waals surface area contributed by atoms with Crippen LogP contribution in [0.4, 0.5) is 0 Å². The Morgan fingerprint density at radius 1 is 1.24 bits per heavy atom. The maximum Gasteiger partial charge on any atom is 0.314 e. The first-order valence-electron chi connectivity index (χ1n) is 5.81. The maximum atomic E-state index is 11.9. The molecule has 1 atom stereocenters. The molecule has 1 aliphatic carbocycles. The van der Waals surface area contributed by atoms with Crippen LogP contribution in [0.1, 0.15) is 19.3 Å². The van der Waals surface area contributed by atoms with Gasteiger partial charge >= 0.3 is 5.97 Å². The highest BCUT2D eigenvalue weighted by molar-refractivity contribution is 5.76. The molecule has 1 unspecified atom stereocenters. The van der Waals surface area contributed by atoms with Crippen LogP contribution in [-0.4, -0.2) is 13.1 Å². The number of methoxy groups -OCH3 is 1. The smallest absolute Gasteiger partial charge is 0.314 e. The summed E-state index contributed by atoms with van der Waals surface area (Å²) < 4.78 is 10.5. The molecule has 0 heterocycles. The van der Waals surface area contributed by atoms with E-state index in [1.807, 2.05) is 18.2 Å². The van der Waals surface area contributed by atoms with Gasteiger partial charge < -0.3 is 9.47 Å². The molecule has 3 nitrogen and oxygen atoms in total. The lowest BCUT2D eigenvalue weighted by molar-refractivity contribution is -0.139. The van der Waals surface area contributed by atoms with Crippen molar-refractivity contribution in [1.82, 2.24) is 0 Å². The van der Waals surface area contributed by atoms with Gasteiger partial charge in [-0.2, -0.15) is 0 Å². The van der Waals surface area contributed by atoms with Gasteiger partial charge in [-0.15, -0.1) is 0 Å². The van der Waals surface area contributed by atoms with Gasteiger partial charge in [0, 0.05) is 0 Å². The summed E-state index contributed by atoms with van der Waals surface area (Å²) in [6, 6.07) is 7.20. The third-order valence-corrected chi connectivity index (χ3v) is 2.88. The molecule has 0 amide bonds. The average molecular weight is 232 g/mol. The lowest BCUT2D eigenvalue weighted by atomic mass is 9.95. The van der Waals surface area contributed by atoms with Gasteiger partial charge in [0.05, 0.1) is 13.0 Å². The van der Waals surface area contributed by atoms with Crippen molar-refractivity contribution in [3.05, 3.63) is 36.4 Å². The summed E-state index contributed by atoms with van der Waals surface area (Å²) in [5.41, 5.74) is 0. The van der Waals surface area contributed by atoms with E-state index < -0.39 is 0 Å². The number of carbonyl (C=O) groups is 1. The zero-order valence-electron chi connectivity index (χ0n) is 9.89. The average Bonchev–Trinajstić information content (AvgIpc) is 2.40. The highest BCUT2D eigenvalue weighted by Gasteiger charge is 2.21. The van der Waals surface area contributed by atoms with E-state index in [9.17, 15) is 4.79 Å². The minimum Gasteiger partial charge on any atom is -0.493 e. The van der Waals surface area contributed by atoms with Gasteiger partial charge in [-0.25, -0.2) is 0 Å². The summed E-state index contributed by atoms with van der Waals surface area (Å²) in [4.78, 5) is 11.9. The number of ether oxygens (including phenoxy) is 2. The minimum absolute atomic E-state index is 0.0232. The predicted molar refractivity (Wildman–Crippen MR) is 65.1 cm³/mol. The van der Waals surface area contributed by atoms with Crippen LogP contribution in [0.25, 0.3) is 0 Å². The van der Waals surface area contributed by atoms with Crippen molar-refractivity contribution in [2.24, 2.45) is 5.92 Å². The second-order valence-electron chi connectivity index (χ2n) is 4.05. The van der Waals surface area contributed by atoms with Crippen LogP contribution >= 0.6 is 0 Å². The summed E-state index contributed by atoms with van der Waals surface area (Å²) in [6.07, 6.45) is 6.73. The van der Waals surface area contributed by atoms with Crippen LogP contribution in [0.3, 0.4) is 0 Å². The molecule has 0 aliphatic heterocycles. The molecule has 3 heteroatoms. The van der Waals surface area contributed by atoms with Crippen molar-refractivity contribution in [3.8, 4) is 11.5 Å². The summed E-state index contributed by atoms with van der Waals surface area (Å²) >= 11 is 0. The Morgan fingerprint density at radius 3 is 2.65 bits per heavy atom. The molecule has 17 heavy (non-hydrogen) atoms. The van der Waals surface area contributed by atoms with E-state index in [0.717, 1.165) is 19.3 Å². The first-order valence-corrected chi connectivity index (χ1v) is 5.81. The number of allylic oxidation sites excluding steroid dienone is 2. The molecule has 1 aromatic rings. The Kier molecular flexibility index (Phi) is 3.81. The van der Waals surface area contributed by atoms with Crippen LogP contribution < -0.4 is 9.47 Å². The van der Waals surface area contributed by atoms with Crippen LogP contribution in [0.15, 0.2) is 36.4 Å². The second-order valence-corrected chi connectivity index (χ2v) is 4.05. The molecule has 0 fully saturated rings. The number of hydrogen-bond donors (Lipinski definition) is 0. The van der Waals surface area contributed by atoms with E-state index in [2.05, 4.69) is 6.08 Å². The van der Waals surface area contributed by atoms with Crippen molar-refractivity contribution in [1.29, 1.82) is 0 Å². The molecule has 1 aromatic carbocycles. The second kappa shape index (κ2) is 5.53. The molecule has 0 saturated heterocycles. The SMILES string of the molecule is COc1ccccc1OC(=O)C1CC=CCC1. The fourth-order valence-corrected chi connectivity index (χ4v) is 1.90. The Balaban J connectivity index is 2.04. The highest BCUT2D eigenvalue weighted by atomic mass is 16.6. The van der Waals surface area contributed by atoms with Gasteiger partial charge in [0.15, 0.2) is 11.5 Å². The van der Waals surface area contributed by atoms with Crippen LogP contribution in [0.5, 0.6) is 11.5 Å². The number of para-hydroxylation sites is 2. The number of benzene rings is 1. The molecule has 0 aromatic heterocycles. The number of esters is 1. The van der Waals surface area contributed by atoms with Crippen molar-refractivity contribution in [3.63, 3.8) is 0 Å². The summed E-state index contributed by atoms with van der Waals surface area (Å²) in [7, 11) is 1.57. The molecular weight excluding hydrogens is 216 g/mol. The molecule has 0 saturated carbocycles. The van der Waals surface area contributed by atoms with Crippen LogP contribution in [0, 0.1) is 5.92 Å². The number of rotatable bonds is 3. The molecule has 1 aliphatic rings. The summed E-state index contributed by atoms with van der Waals surface area (Å²) in [6.45, 7) is 0. The zero-order chi connectivity index (χ0) is 12.1. The first kappa shape index (κ1) is 11.7. The Labute approximate surface area is 101 Å². The fraction of sp³-hybridized carbons (Fsp3) is 0.357. The van der Waals surface area contributed by atoms with E-state index in [1.165, 1.54) is 0 Å². The van der Waals surface area contributed by atoms with Crippen LogP contribution in [0.2, 0.25) is 0 Å². The van der Waals surface area contributed by atoms with Gasteiger partial charge in [-0.05, 0) is 31.4 Å². The lowest BCUT2D eigenvalue weighted by Gasteiger charge is -2.17. The summed E-state index contributed by atoms with van der Waals surface area (Å²) in [5.74, 6) is 0.894. The van der Waals surface area contributed by atoms with Crippen molar-refractivity contribution >= 4 is 5.97 Å². The monoisotopic (exact) mass is 232 g/mol. The third kappa shape index (κ3) is 2.87. The predicted octanol–water partition coefficient (Wildman–Crippen LogP) is 2.96. The van der Waals surface area contributed by atoms with Gasteiger partial charge in [0.2, 0.25) is 0 Å². The highest BCUT2D eigenvalue weighted by Crippen LogP contribution is 2.28. The third-order valence-electron chi connectivity index (χ3n) is 2.88. The van der Waals surface area contributed by atoms with E-state index in [-0.39, 0.29) is 11.9 Å². The van der Waals surface area contributed by atoms with Crippen molar-refractivity contribution in [2.75, 3.05) is 7.11 Å². The fourth-order valence-electron chi connectivity index (χ4n) is 1.90. The Bertz CT molecular complexity index is 423. The van der Waals surface area contributed by atoms with Crippen molar-refractivity contribution < 1.29 is 14.3 Å².